The summed E-state index contributed by atoms with van der Waals surface area (Å²) in [6.07, 6.45) is 2.84. The summed E-state index contributed by atoms with van der Waals surface area (Å²) in [7, 11) is 3.34. The third-order valence-electron chi connectivity index (χ3n) is 6.16. The molecule has 0 saturated heterocycles. The SMILES string of the molecule is CCn1c(SCCCNC(=O)Nc2ccc(SC)cc2)nc(-c2ccc(OC)cc2)c1-c1ccc(OC)cc1. The topological polar surface area (TPSA) is 77.4 Å². The van der Waals surface area contributed by atoms with E-state index in [4.69, 9.17) is 14.5 Å². The third-order valence-corrected chi connectivity index (χ3v) is 7.97. The van der Waals surface area contributed by atoms with Crippen molar-refractivity contribution in [2.45, 2.75) is 29.9 Å². The van der Waals surface area contributed by atoms with Gasteiger partial charge in [0.05, 0.1) is 25.6 Å². The molecular formula is C30H34N4O3S2. The Morgan fingerprint density at radius 2 is 1.51 bits per heavy atom. The summed E-state index contributed by atoms with van der Waals surface area (Å²) in [5, 5.41) is 6.78. The quantitative estimate of drug-likeness (QED) is 0.140. The lowest BCUT2D eigenvalue weighted by Gasteiger charge is -2.12. The van der Waals surface area contributed by atoms with E-state index >= 15 is 0 Å². The van der Waals surface area contributed by atoms with E-state index in [0.717, 1.165) is 68.5 Å². The second kappa shape index (κ2) is 14.0. The van der Waals surface area contributed by atoms with E-state index in [1.54, 1.807) is 37.7 Å². The number of urea groups is 1. The smallest absolute Gasteiger partial charge is 0.319 e. The number of aromatic nitrogens is 2. The van der Waals surface area contributed by atoms with Crippen molar-refractivity contribution in [3.05, 3.63) is 72.8 Å². The van der Waals surface area contributed by atoms with Crippen LogP contribution in [0.15, 0.2) is 82.8 Å². The van der Waals surface area contributed by atoms with Crippen molar-refractivity contribution < 1.29 is 14.3 Å². The van der Waals surface area contributed by atoms with Crippen LogP contribution in [0.5, 0.6) is 11.5 Å². The maximum Gasteiger partial charge on any atom is 0.319 e. The molecule has 39 heavy (non-hydrogen) atoms. The van der Waals surface area contributed by atoms with Gasteiger partial charge in [0, 0.05) is 40.6 Å². The molecule has 7 nitrogen and oxygen atoms in total. The van der Waals surface area contributed by atoms with Crippen molar-refractivity contribution in [1.29, 1.82) is 0 Å². The molecule has 2 N–H and O–H groups in total. The molecule has 0 bridgehead atoms. The number of nitrogens with zero attached hydrogens (tertiary/aromatic N) is 2. The average molecular weight is 563 g/mol. The minimum atomic E-state index is -0.199. The molecule has 2 amide bonds. The average Bonchev–Trinajstić information content (AvgIpc) is 3.35. The van der Waals surface area contributed by atoms with Gasteiger partial charge in [0.1, 0.15) is 11.5 Å². The number of imidazole rings is 1. The van der Waals surface area contributed by atoms with Crippen LogP contribution in [0.2, 0.25) is 0 Å². The number of thioether (sulfide) groups is 2. The van der Waals surface area contributed by atoms with E-state index in [9.17, 15) is 4.79 Å². The van der Waals surface area contributed by atoms with Crippen LogP contribution in [0.25, 0.3) is 22.5 Å². The van der Waals surface area contributed by atoms with Gasteiger partial charge in [-0.15, -0.1) is 11.8 Å². The fourth-order valence-corrected chi connectivity index (χ4v) is 5.53. The predicted molar refractivity (Wildman–Crippen MR) is 162 cm³/mol. The fraction of sp³-hybridized carbons (Fsp3) is 0.267. The van der Waals surface area contributed by atoms with Crippen LogP contribution >= 0.6 is 23.5 Å². The third kappa shape index (κ3) is 7.30. The van der Waals surface area contributed by atoms with Crippen molar-refractivity contribution in [3.63, 3.8) is 0 Å². The molecule has 1 heterocycles. The number of benzene rings is 3. The zero-order valence-electron chi connectivity index (χ0n) is 22.7. The van der Waals surface area contributed by atoms with Crippen molar-refractivity contribution in [1.82, 2.24) is 14.9 Å². The van der Waals surface area contributed by atoms with Crippen LogP contribution in [-0.4, -0.2) is 48.4 Å². The van der Waals surface area contributed by atoms with Crippen molar-refractivity contribution in [3.8, 4) is 34.0 Å². The first-order valence-electron chi connectivity index (χ1n) is 12.8. The van der Waals surface area contributed by atoms with E-state index < -0.39 is 0 Å². The Kier molecular flexibility index (Phi) is 10.2. The second-order valence-corrected chi connectivity index (χ2v) is 10.5. The van der Waals surface area contributed by atoms with Crippen molar-refractivity contribution in [2.24, 2.45) is 0 Å². The molecule has 3 aromatic carbocycles. The molecule has 1 aromatic heterocycles. The molecule has 0 radical (unpaired) electrons. The van der Waals surface area contributed by atoms with Crippen LogP contribution in [0.4, 0.5) is 10.5 Å². The molecule has 204 valence electrons. The zero-order valence-corrected chi connectivity index (χ0v) is 24.3. The van der Waals surface area contributed by atoms with Crippen LogP contribution in [-0.2, 0) is 6.54 Å². The Hall–Kier alpha value is -3.56. The first-order chi connectivity index (χ1) is 19.1. The number of ether oxygens (including phenoxy) is 2. The number of hydrogen-bond acceptors (Lipinski definition) is 6. The van der Waals surface area contributed by atoms with Crippen molar-refractivity contribution in [2.75, 3.05) is 38.1 Å². The van der Waals surface area contributed by atoms with Crippen LogP contribution in [0.3, 0.4) is 0 Å². The maximum absolute atomic E-state index is 12.3. The highest BCUT2D eigenvalue weighted by atomic mass is 32.2. The monoisotopic (exact) mass is 562 g/mol. The number of hydrogen-bond donors (Lipinski definition) is 2. The Balaban J connectivity index is 1.44. The number of amides is 2. The molecule has 0 aliphatic rings. The van der Waals surface area contributed by atoms with E-state index in [2.05, 4.69) is 34.3 Å². The number of anilines is 1. The van der Waals surface area contributed by atoms with Crippen LogP contribution in [0.1, 0.15) is 13.3 Å². The predicted octanol–water partition coefficient (Wildman–Crippen LogP) is 7.28. The number of rotatable bonds is 12. The lowest BCUT2D eigenvalue weighted by Crippen LogP contribution is -2.29. The lowest BCUT2D eigenvalue weighted by molar-refractivity contribution is 0.252. The molecule has 0 atom stereocenters. The molecule has 4 aromatic rings. The Morgan fingerprint density at radius 1 is 0.897 bits per heavy atom. The Labute approximate surface area is 238 Å². The van der Waals surface area contributed by atoms with Gasteiger partial charge in [-0.1, -0.05) is 11.8 Å². The van der Waals surface area contributed by atoms with E-state index in [1.165, 1.54) is 0 Å². The highest BCUT2D eigenvalue weighted by Gasteiger charge is 2.20. The molecule has 0 aliphatic carbocycles. The molecule has 9 heteroatoms. The highest BCUT2D eigenvalue weighted by Crippen LogP contribution is 2.37. The Bertz CT molecular complexity index is 1350. The van der Waals surface area contributed by atoms with Gasteiger partial charge in [-0.2, -0.15) is 0 Å². The molecule has 0 unspecified atom stereocenters. The number of carbonyl (C=O) groups is 1. The Morgan fingerprint density at radius 3 is 2.08 bits per heavy atom. The summed E-state index contributed by atoms with van der Waals surface area (Å²) in [5.74, 6) is 2.45. The normalized spacial score (nSPS) is 10.8. The van der Waals surface area contributed by atoms with Gasteiger partial charge in [0.2, 0.25) is 0 Å². The van der Waals surface area contributed by atoms with Gasteiger partial charge in [0.15, 0.2) is 5.16 Å². The summed E-state index contributed by atoms with van der Waals surface area (Å²) in [6.45, 7) is 3.49. The zero-order chi connectivity index (χ0) is 27.6. The first-order valence-corrected chi connectivity index (χ1v) is 15.0. The van der Waals surface area contributed by atoms with Gasteiger partial charge >= 0.3 is 6.03 Å². The number of methoxy groups -OCH3 is 2. The van der Waals surface area contributed by atoms with Crippen molar-refractivity contribution >= 4 is 35.2 Å². The summed E-state index contributed by atoms with van der Waals surface area (Å²) in [6, 6.07) is 23.7. The molecule has 0 fully saturated rings. The molecule has 0 saturated carbocycles. The molecule has 0 spiro atoms. The minimum absolute atomic E-state index is 0.199. The maximum atomic E-state index is 12.3. The van der Waals surface area contributed by atoms with Gasteiger partial charge in [-0.3, -0.25) is 0 Å². The van der Waals surface area contributed by atoms with Gasteiger partial charge in [-0.25, -0.2) is 9.78 Å². The van der Waals surface area contributed by atoms with Crippen LogP contribution < -0.4 is 20.1 Å². The standard InChI is InChI=1S/C30H34N4O3S2/c1-5-34-28(22-9-15-25(37-3)16-10-22)27(21-7-13-24(36-2)14-8-21)33-30(34)39-20-6-19-31-29(35)32-23-11-17-26(38-4)18-12-23/h7-18H,5-6,19-20H2,1-4H3,(H2,31,32,35). The summed E-state index contributed by atoms with van der Waals surface area (Å²) >= 11 is 3.37. The van der Waals surface area contributed by atoms with E-state index in [-0.39, 0.29) is 6.03 Å². The van der Waals surface area contributed by atoms with Gasteiger partial charge in [-0.05, 0) is 92.4 Å². The first kappa shape index (κ1) is 28.4. The highest BCUT2D eigenvalue weighted by molar-refractivity contribution is 7.99. The fourth-order valence-electron chi connectivity index (χ4n) is 4.11. The largest absolute Gasteiger partial charge is 0.497 e. The molecule has 0 aliphatic heterocycles. The van der Waals surface area contributed by atoms with Crippen LogP contribution in [0, 0.1) is 0 Å². The van der Waals surface area contributed by atoms with E-state index in [0.29, 0.717) is 6.54 Å². The number of carbonyl (C=O) groups excluding carboxylic acids is 1. The van der Waals surface area contributed by atoms with E-state index in [1.807, 2.05) is 66.9 Å². The van der Waals surface area contributed by atoms with Gasteiger partial charge in [0.25, 0.3) is 0 Å². The lowest BCUT2D eigenvalue weighted by atomic mass is 10.0. The number of nitrogens with one attached hydrogen (secondary N) is 2. The molecule has 4 rings (SSSR count). The molecular weight excluding hydrogens is 528 g/mol. The summed E-state index contributed by atoms with van der Waals surface area (Å²) in [4.78, 5) is 18.5. The minimum Gasteiger partial charge on any atom is -0.497 e. The second-order valence-electron chi connectivity index (χ2n) is 8.60. The van der Waals surface area contributed by atoms with Gasteiger partial charge < -0.3 is 24.7 Å². The summed E-state index contributed by atoms with van der Waals surface area (Å²) < 4.78 is 13.0. The summed E-state index contributed by atoms with van der Waals surface area (Å²) in [5.41, 5.74) is 4.88.